The molecule has 1 saturated heterocycles. The first-order valence-electron chi connectivity index (χ1n) is 8.25. The van der Waals surface area contributed by atoms with Gasteiger partial charge >= 0.3 is 5.97 Å². The third kappa shape index (κ3) is 4.22. The van der Waals surface area contributed by atoms with E-state index in [1.165, 1.54) is 36.3 Å². The van der Waals surface area contributed by atoms with Crippen LogP contribution in [0.3, 0.4) is 0 Å². The second-order valence-electron chi connectivity index (χ2n) is 6.80. The largest absolute Gasteiger partial charge is 0.481 e. The van der Waals surface area contributed by atoms with Gasteiger partial charge in [0.2, 0.25) is 10.0 Å². The van der Waals surface area contributed by atoms with Crippen molar-refractivity contribution in [3.8, 4) is 0 Å². The molecule has 0 radical (unpaired) electrons. The highest BCUT2D eigenvalue weighted by Crippen LogP contribution is 2.32. The van der Waals surface area contributed by atoms with Crippen LogP contribution in [0.2, 0.25) is 0 Å². The van der Waals surface area contributed by atoms with Crippen LogP contribution in [0.1, 0.15) is 30.6 Å². The highest BCUT2D eigenvalue weighted by Gasteiger charge is 2.46. The summed E-state index contributed by atoms with van der Waals surface area (Å²) in [7, 11) is -2.20. The Morgan fingerprint density at radius 2 is 1.92 bits per heavy atom. The van der Waals surface area contributed by atoms with Crippen LogP contribution >= 0.6 is 0 Å². The summed E-state index contributed by atoms with van der Waals surface area (Å²) in [6.45, 7) is 3.84. The van der Waals surface area contributed by atoms with Crippen LogP contribution in [0, 0.1) is 5.41 Å². The maximum Gasteiger partial charge on any atom is 0.313 e. The molecule has 0 bridgehead atoms. The molecule has 1 fully saturated rings. The van der Waals surface area contributed by atoms with Gasteiger partial charge in [0.15, 0.2) is 0 Å². The van der Waals surface area contributed by atoms with E-state index in [1.807, 2.05) is 0 Å². The number of carboxylic acids is 1. The van der Waals surface area contributed by atoms with Gasteiger partial charge in [-0.1, -0.05) is 0 Å². The van der Waals surface area contributed by atoms with Crippen molar-refractivity contribution in [1.29, 1.82) is 0 Å². The van der Waals surface area contributed by atoms with Crippen LogP contribution in [0.4, 0.5) is 0 Å². The lowest BCUT2D eigenvalue weighted by atomic mass is 9.88. The molecule has 0 saturated carbocycles. The number of nitrogens with one attached hydrogen (secondary N) is 1. The monoisotopic (exact) mass is 384 g/mol. The predicted octanol–water partition coefficient (Wildman–Crippen LogP) is 0.937. The summed E-state index contributed by atoms with van der Waals surface area (Å²) in [6, 6.07) is 5.37. The van der Waals surface area contributed by atoms with Crippen LogP contribution in [0.15, 0.2) is 29.2 Å². The Morgan fingerprint density at radius 1 is 1.31 bits per heavy atom. The van der Waals surface area contributed by atoms with Crippen molar-refractivity contribution in [2.24, 2.45) is 5.41 Å². The molecule has 1 amide bonds. The van der Waals surface area contributed by atoms with Crippen LogP contribution in [-0.4, -0.2) is 63.1 Å². The smallest absolute Gasteiger partial charge is 0.313 e. The summed E-state index contributed by atoms with van der Waals surface area (Å²) in [6.07, 6.45) is 0.312. The van der Waals surface area contributed by atoms with E-state index in [9.17, 15) is 23.1 Å². The molecule has 2 N–H and O–H groups in total. The number of hydrogen-bond acceptors (Lipinski definition) is 5. The van der Waals surface area contributed by atoms with Gasteiger partial charge in [-0.3, -0.25) is 9.59 Å². The van der Waals surface area contributed by atoms with Crippen molar-refractivity contribution >= 4 is 21.9 Å². The lowest BCUT2D eigenvalue weighted by Gasteiger charge is -2.23. The Hall–Kier alpha value is -1.97. The number of hydrogen-bond donors (Lipinski definition) is 2. The molecule has 1 aliphatic rings. The van der Waals surface area contributed by atoms with Crippen molar-refractivity contribution in [2.45, 2.75) is 31.2 Å². The fourth-order valence-corrected chi connectivity index (χ4v) is 4.26. The minimum absolute atomic E-state index is 0.0319. The van der Waals surface area contributed by atoms with E-state index in [1.54, 1.807) is 13.8 Å². The molecule has 0 aromatic heterocycles. The number of aliphatic carboxylic acids is 1. The van der Waals surface area contributed by atoms with E-state index in [0.29, 0.717) is 18.5 Å². The maximum absolute atomic E-state index is 12.6. The molecule has 1 unspecified atom stereocenters. The van der Waals surface area contributed by atoms with E-state index >= 15 is 0 Å². The first-order valence-corrected chi connectivity index (χ1v) is 9.73. The Balaban J connectivity index is 2.15. The molecule has 1 aliphatic heterocycles. The molecule has 144 valence electrons. The quantitative estimate of drug-likeness (QED) is 0.723. The first-order chi connectivity index (χ1) is 12.1. The van der Waals surface area contributed by atoms with Crippen molar-refractivity contribution in [2.75, 3.05) is 26.8 Å². The van der Waals surface area contributed by atoms with Gasteiger partial charge in [0.1, 0.15) is 5.41 Å². The third-order valence-corrected chi connectivity index (χ3v) is 5.99. The van der Waals surface area contributed by atoms with Crippen LogP contribution in [0.25, 0.3) is 0 Å². The zero-order chi connectivity index (χ0) is 19.5. The van der Waals surface area contributed by atoms with Crippen molar-refractivity contribution in [3.05, 3.63) is 29.8 Å². The van der Waals surface area contributed by atoms with Gasteiger partial charge in [0, 0.05) is 31.8 Å². The highest BCUT2D eigenvalue weighted by molar-refractivity contribution is 7.89. The minimum Gasteiger partial charge on any atom is -0.481 e. The molecule has 2 rings (SSSR count). The SMILES string of the molecule is COCC1(C(=O)O)CCN(C(=O)c2ccc(S(=O)(=O)NC(C)C)cc2)C1. The molecule has 0 spiro atoms. The van der Waals surface area contributed by atoms with Gasteiger partial charge in [-0.2, -0.15) is 0 Å². The molecule has 1 aromatic rings. The Morgan fingerprint density at radius 3 is 2.42 bits per heavy atom. The summed E-state index contributed by atoms with van der Waals surface area (Å²) >= 11 is 0. The van der Waals surface area contributed by atoms with Crippen molar-refractivity contribution in [1.82, 2.24) is 9.62 Å². The van der Waals surface area contributed by atoms with Crippen molar-refractivity contribution in [3.63, 3.8) is 0 Å². The van der Waals surface area contributed by atoms with Crippen LogP contribution in [0.5, 0.6) is 0 Å². The summed E-state index contributed by atoms with van der Waals surface area (Å²) < 4.78 is 31.7. The third-order valence-electron chi connectivity index (χ3n) is 4.32. The molecular weight excluding hydrogens is 360 g/mol. The molecule has 26 heavy (non-hydrogen) atoms. The topological polar surface area (TPSA) is 113 Å². The average molecular weight is 384 g/mol. The van der Waals surface area contributed by atoms with E-state index in [4.69, 9.17) is 4.74 Å². The molecule has 1 aromatic carbocycles. The fourth-order valence-electron chi connectivity index (χ4n) is 3.01. The number of likely N-dealkylation sites (tertiary alicyclic amines) is 1. The molecule has 1 heterocycles. The van der Waals surface area contributed by atoms with Gasteiger partial charge in [0.25, 0.3) is 5.91 Å². The predicted molar refractivity (Wildman–Crippen MR) is 94.4 cm³/mol. The minimum atomic E-state index is -3.63. The van der Waals surface area contributed by atoms with Crippen LogP contribution in [-0.2, 0) is 19.6 Å². The lowest BCUT2D eigenvalue weighted by molar-refractivity contribution is -0.151. The second-order valence-corrected chi connectivity index (χ2v) is 8.51. The van der Waals surface area contributed by atoms with Crippen molar-refractivity contribution < 1.29 is 27.9 Å². The number of sulfonamides is 1. The Kier molecular flexibility index (Phi) is 6.05. The molecular formula is C17H24N2O6S. The van der Waals surface area contributed by atoms with Gasteiger partial charge in [0.05, 0.1) is 11.5 Å². The standard InChI is InChI=1S/C17H24N2O6S/c1-12(2)18-26(23,24)14-6-4-13(5-7-14)15(20)19-9-8-17(10-19,11-25-3)16(21)22/h4-7,12,18H,8-11H2,1-3H3,(H,21,22). The normalized spacial score (nSPS) is 20.5. The second kappa shape index (κ2) is 7.73. The first kappa shape index (κ1) is 20.3. The van der Waals surface area contributed by atoms with E-state index in [0.717, 1.165) is 0 Å². The Labute approximate surface area is 153 Å². The summed E-state index contributed by atoms with van der Waals surface area (Å²) in [5, 5.41) is 9.47. The molecule has 8 nitrogen and oxygen atoms in total. The summed E-state index contributed by atoms with van der Waals surface area (Å²) in [5.74, 6) is -1.32. The number of nitrogens with zero attached hydrogens (tertiary/aromatic N) is 1. The number of benzene rings is 1. The maximum atomic E-state index is 12.6. The number of carboxylic acid groups (broad SMARTS) is 1. The number of rotatable bonds is 7. The summed E-state index contributed by atoms with van der Waals surface area (Å²) in [4.78, 5) is 25.7. The average Bonchev–Trinajstić information content (AvgIpc) is 2.99. The highest BCUT2D eigenvalue weighted by atomic mass is 32.2. The van der Waals surface area contributed by atoms with Gasteiger partial charge in [-0.15, -0.1) is 0 Å². The summed E-state index contributed by atoms with van der Waals surface area (Å²) in [5.41, 5.74) is -0.790. The number of ether oxygens (including phenoxy) is 1. The molecule has 0 aliphatic carbocycles. The van der Waals surface area contributed by atoms with E-state index in [-0.39, 0.29) is 30.0 Å². The number of carbonyl (C=O) groups excluding carboxylic acids is 1. The van der Waals surface area contributed by atoms with Crippen LogP contribution < -0.4 is 4.72 Å². The molecule has 9 heteroatoms. The molecule has 1 atom stereocenters. The lowest BCUT2D eigenvalue weighted by Crippen LogP contribution is -2.40. The zero-order valence-electron chi connectivity index (χ0n) is 15.1. The Bertz CT molecular complexity index is 775. The van der Waals surface area contributed by atoms with Gasteiger partial charge in [-0.05, 0) is 44.5 Å². The number of methoxy groups -OCH3 is 1. The zero-order valence-corrected chi connectivity index (χ0v) is 15.9. The van der Waals surface area contributed by atoms with Gasteiger partial charge < -0.3 is 14.7 Å². The van der Waals surface area contributed by atoms with E-state index in [2.05, 4.69) is 4.72 Å². The van der Waals surface area contributed by atoms with E-state index < -0.39 is 21.4 Å². The van der Waals surface area contributed by atoms with Gasteiger partial charge in [-0.25, -0.2) is 13.1 Å². The number of amides is 1. The fraction of sp³-hybridized carbons (Fsp3) is 0.529. The number of carbonyl (C=O) groups is 2.